The van der Waals surface area contributed by atoms with E-state index in [0.29, 0.717) is 13.0 Å². The lowest BCUT2D eigenvalue weighted by atomic mass is 10.1. The molecule has 0 radical (unpaired) electrons. The fraction of sp³-hybridized carbons (Fsp3) is 0.550. The summed E-state index contributed by atoms with van der Waals surface area (Å²) in [5.41, 5.74) is 1.19. The van der Waals surface area contributed by atoms with Crippen molar-refractivity contribution in [3.63, 3.8) is 0 Å². The van der Waals surface area contributed by atoms with E-state index in [2.05, 4.69) is 29.0 Å². The minimum atomic E-state index is -0.380. The van der Waals surface area contributed by atoms with E-state index >= 15 is 0 Å². The monoisotopic (exact) mass is 408 g/mol. The van der Waals surface area contributed by atoms with Gasteiger partial charge >= 0.3 is 0 Å². The van der Waals surface area contributed by atoms with Gasteiger partial charge < -0.3 is 24.4 Å². The predicted molar refractivity (Wildman–Crippen MR) is 115 cm³/mol. The largest absolute Gasteiger partial charge is 0.493 e. The zero-order valence-corrected chi connectivity index (χ0v) is 18.0. The lowest BCUT2D eigenvalue weighted by Crippen LogP contribution is -2.53. The number of benzene rings is 1. The Hall–Kier alpha value is -1.28. The lowest BCUT2D eigenvalue weighted by molar-refractivity contribution is 0.128. The quantitative estimate of drug-likeness (QED) is 0.629. The number of ether oxygens (including phenoxy) is 2. The van der Waals surface area contributed by atoms with Gasteiger partial charge in [-0.15, -0.1) is 11.8 Å². The van der Waals surface area contributed by atoms with Gasteiger partial charge in [-0.25, -0.2) is 0 Å². The lowest BCUT2D eigenvalue weighted by Gasteiger charge is -2.45. The normalized spacial score (nSPS) is 22.4. The number of rotatable bonds is 9. The van der Waals surface area contributed by atoms with Gasteiger partial charge in [0.15, 0.2) is 11.5 Å². The van der Waals surface area contributed by atoms with E-state index in [1.807, 2.05) is 30.9 Å². The van der Waals surface area contributed by atoms with Crippen molar-refractivity contribution in [2.45, 2.75) is 37.2 Å². The van der Waals surface area contributed by atoms with Crippen LogP contribution in [0.4, 0.5) is 0 Å². The van der Waals surface area contributed by atoms with E-state index in [9.17, 15) is 5.11 Å². The van der Waals surface area contributed by atoms with Gasteiger partial charge in [0, 0.05) is 37.0 Å². The first-order chi connectivity index (χ1) is 12.8. The Labute approximate surface area is 171 Å². The number of hydrogen-bond acceptors (Lipinski definition) is 6. The van der Waals surface area contributed by atoms with Crippen molar-refractivity contribution in [1.29, 1.82) is 0 Å². The molecule has 2 heterocycles. The average molecular weight is 409 g/mol. The maximum absolute atomic E-state index is 10.5. The topological polar surface area (TPSA) is 45.2 Å². The van der Waals surface area contributed by atoms with Gasteiger partial charge in [-0.2, -0.15) is 0 Å². The van der Waals surface area contributed by atoms with Gasteiger partial charge in [0.1, 0.15) is 0 Å². The summed E-state index contributed by atoms with van der Waals surface area (Å²) in [6, 6.07) is 6.00. The Balaban J connectivity index is 1.45. The molecule has 1 N–H and O–H groups in total. The molecule has 5 nitrogen and oxygen atoms in total. The van der Waals surface area contributed by atoms with Crippen molar-refractivity contribution in [3.05, 3.63) is 34.9 Å². The molecule has 3 rings (SSSR count). The van der Waals surface area contributed by atoms with Crippen LogP contribution in [0.3, 0.4) is 0 Å². The summed E-state index contributed by atoms with van der Waals surface area (Å²) in [4.78, 5) is 6.64. The number of methoxy groups -OCH3 is 2. The van der Waals surface area contributed by atoms with Crippen molar-refractivity contribution in [2.24, 2.45) is 0 Å². The van der Waals surface area contributed by atoms with Crippen LogP contribution in [0, 0.1) is 0 Å². The third kappa shape index (κ3) is 4.59. The summed E-state index contributed by atoms with van der Waals surface area (Å²) >= 11 is 7.16. The van der Waals surface area contributed by atoms with Crippen molar-refractivity contribution < 1.29 is 14.6 Å². The number of thiocarbonyl (C=S) groups is 1. The summed E-state index contributed by atoms with van der Waals surface area (Å²) in [6.45, 7) is 3.72. The molecule has 2 aliphatic heterocycles. The number of likely N-dealkylation sites (N-methyl/N-ethyl adjacent to an activating group) is 1. The zero-order valence-electron chi connectivity index (χ0n) is 16.4. The van der Waals surface area contributed by atoms with Gasteiger partial charge in [0.2, 0.25) is 0 Å². The highest BCUT2D eigenvalue weighted by Crippen LogP contribution is 2.52. The molecule has 0 aliphatic carbocycles. The van der Waals surface area contributed by atoms with Crippen LogP contribution in [0.2, 0.25) is 0 Å². The molecule has 0 aromatic heterocycles. The number of hydrogen-bond donors (Lipinski definition) is 1. The van der Waals surface area contributed by atoms with Crippen LogP contribution in [-0.2, 0) is 6.42 Å². The molecule has 0 amide bonds. The van der Waals surface area contributed by atoms with Gasteiger partial charge in [-0.3, -0.25) is 0 Å². The molecule has 1 aromatic rings. The molecule has 0 bridgehead atoms. The molecule has 1 saturated heterocycles. The van der Waals surface area contributed by atoms with Crippen molar-refractivity contribution in [3.8, 4) is 11.5 Å². The summed E-state index contributed by atoms with van der Waals surface area (Å²) < 4.78 is 10.6. The Kier molecular flexibility index (Phi) is 6.35. The van der Waals surface area contributed by atoms with Crippen molar-refractivity contribution in [1.82, 2.24) is 9.80 Å². The highest BCUT2D eigenvalue weighted by Gasteiger charge is 2.48. The highest BCUT2D eigenvalue weighted by atomic mass is 32.2. The van der Waals surface area contributed by atoms with Crippen LogP contribution in [-0.4, -0.2) is 65.2 Å². The fourth-order valence-corrected chi connectivity index (χ4v) is 5.72. The molecule has 148 valence electrons. The van der Waals surface area contributed by atoms with Crippen LogP contribution < -0.4 is 9.47 Å². The van der Waals surface area contributed by atoms with Gasteiger partial charge in [0.05, 0.1) is 30.2 Å². The molecule has 2 atom stereocenters. The van der Waals surface area contributed by atoms with Crippen LogP contribution in [0.1, 0.15) is 25.3 Å². The van der Waals surface area contributed by atoms with Crippen molar-refractivity contribution >= 4 is 29.0 Å². The second-order valence-electron chi connectivity index (χ2n) is 7.37. The molecule has 27 heavy (non-hydrogen) atoms. The highest BCUT2D eigenvalue weighted by molar-refractivity contribution is 8.04. The molecular formula is C20H28N2O3S2. The minimum Gasteiger partial charge on any atom is -0.493 e. The molecular weight excluding hydrogens is 380 g/mol. The van der Waals surface area contributed by atoms with Crippen LogP contribution in [0.25, 0.3) is 0 Å². The molecule has 2 aliphatic rings. The maximum Gasteiger partial charge on any atom is 0.160 e. The number of aliphatic hydroxyl groups is 1. The first-order valence-corrected chi connectivity index (χ1v) is 10.4. The molecule has 1 unspecified atom stereocenters. The second-order valence-corrected chi connectivity index (χ2v) is 9.45. The Morgan fingerprint density at radius 3 is 2.70 bits per heavy atom. The standard InChI is InChI=1S/C20H28N2O3S2/c1-20-11-19(26)22(20)13-16(27-20)10-15(23)12-21(2)8-7-14-5-6-17(24-3)18(9-14)25-4/h5-6,9,13,15,23H,7-8,10-12H2,1-4H3/t15?,20-/m1/s1. The molecule has 0 saturated carbocycles. The Morgan fingerprint density at radius 2 is 2.07 bits per heavy atom. The van der Waals surface area contributed by atoms with E-state index < -0.39 is 0 Å². The number of nitrogens with zero attached hydrogens (tertiary/aromatic N) is 2. The smallest absolute Gasteiger partial charge is 0.160 e. The van der Waals surface area contributed by atoms with Gasteiger partial charge in [0.25, 0.3) is 0 Å². The van der Waals surface area contributed by atoms with E-state index in [1.165, 1.54) is 10.5 Å². The number of fused-ring (bicyclic) bond motifs is 1. The SMILES string of the molecule is COc1ccc(CCN(C)CC(O)CC2=CN3C(=S)C[C@@]3(C)S2)cc1OC. The van der Waals surface area contributed by atoms with Crippen molar-refractivity contribution in [2.75, 3.05) is 34.4 Å². The van der Waals surface area contributed by atoms with Gasteiger partial charge in [-0.05, 0) is 38.1 Å². The summed E-state index contributed by atoms with van der Waals surface area (Å²) in [5, 5.41) is 10.5. The van der Waals surface area contributed by atoms with Crippen LogP contribution in [0.15, 0.2) is 29.3 Å². The third-order valence-corrected chi connectivity index (χ3v) is 6.73. The maximum atomic E-state index is 10.5. The van der Waals surface area contributed by atoms with E-state index in [1.54, 1.807) is 14.2 Å². The zero-order chi connectivity index (χ0) is 19.6. The number of thioether (sulfide) groups is 1. The Morgan fingerprint density at radius 1 is 1.33 bits per heavy atom. The molecule has 7 heteroatoms. The first-order valence-electron chi connectivity index (χ1n) is 9.14. The molecule has 1 aromatic carbocycles. The summed E-state index contributed by atoms with van der Waals surface area (Å²) in [5.74, 6) is 1.49. The van der Waals surface area contributed by atoms with Gasteiger partial charge in [-0.1, -0.05) is 18.3 Å². The second kappa shape index (κ2) is 8.39. The van der Waals surface area contributed by atoms with Crippen LogP contribution >= 0.6 is 24.0 Å². The number of aliphatic hydroxyl groups excluding tert-OH is 1. The minimum absolute atomic E-state index is 0.0888. The van der Waals surface area contributed by atoms with E-state index in [0.717, 1.165) is 35.9 Å². The van der Waals surface area contributed by atoms with Crippen LogP contribution in [0.5, 0.6) is 11.5 Å². The van der Waals surface area contributed by atoms with E-state index in [4.69, 9.17) is 21.7 Å². The van der Waals surface area contributed by atoms with E-state index in [-0.39, 0.29) is 11.0 Å². The average Bonchev–Trinajstić information content (AvgIpc) is 2.89. The molecule has 0 spiro atoms. The molecule has 1 fully saturated rings. The first kappa shape index (κ1) is 20.5. The third-order valence-electron chi connectivity index (χ3n) is 5.07. The fourth-order valence-electron chi connectivity index (χ4n) is 3.57. The Bertz CT molecular complexity index is 740. The predicted octanol–water partition coefficient (Wildman–Crippen LogP) is 3.27. The summed E-state index contributed by atoms with van der Waals surface area (Å²) in [6.07, 6.45) is 4.26. The summed E-state index contributed by atoms with van der Waals surface area (Å²) in [7, 11) is 5.33.